The molecule has 2 aromatic carbocycles. The fourth-order valence-corrected chi connectivity index (χ4v) is 4.03. The third kappa shape index (κ3) is 4.84. The summed E-state index contributed by atoms with van der Waals surface area (Å²) in [6.45, 7) is 5.13. The summed E-state index contributed by atoms with van der Waals surface area (Å²) in [5.74, 6) is 1.73. The maximum absolute atomic E-state index is 12.4. The molecule has 0 spiro atoms. The van der Waals surface area contributed by atoms with Gasteiger partial charge in [0, 0.05) is 29.3 Å². The first-order valence-electron chi connectivity index (χ1n) is 12.2. The first kappa shape index (κ1) is 23.7. The van der Waals surface area contributed by atoms with Crippen LogP contribution in [0.4, 0.5) is 5.69 Å². The number of aromatic nitrogens is 3. The molecule has 8 heteroatoms. The van der Waals surface area contributed by atoms with Crippen LogP contribution in [0.15, 0.2) is 54.7 Å². The van der Waals surface area contributed by atoms with E-state index in [4.69, 9.17) is 14.6 Å². The molecule has 0 radical (unpaired) electrons. The average Bonchev–Trinajstić information content (AvgIpc) is 3.61. The van der Waals surface area contributed by atoms with Crippen molar-refractivity contribution >= 4 is 17.2 Å². The van der Waals surface area contributed by atoms with E-state index in [0.29, 0.717) is 29.0 Å². The number of carbonyl (C=O) groups excluding carboxylic acids is 1. The van der Waals surface area contributed by atoms with Crippen molar-refractivity contribution in [1.82, 2.24) is 19.9 Å². The molecule has 1 aliphatic rings. The van der Waals surface area contributed by atoms with Gasteiger partial charge in [-0.2, -0.15) is 5.10 Å². The van der Waals surface area contributed by atoms with E-state index in [0.717, 1.165) is 53.2 Å². The van der Waals surface area contributed by atoms with Gasteiger partial charge in [-0.15, -0.1) is 0 Å². The van der Waals surface area contributed by atoms with Crippen molar-refractivity contribution in [1.29, 1.82) is 0 Å². The van der Waals surface area contributed by atoms with Crippen LogP contribution in [-0.4, -0.2) is 47.3 Å². The number of carbonyl (C=O) groups is 1. The highest BCUT2D eigenvalue weighted by Crippen LogP contribution is 2.34. The van der Waals surface area contributed by atoms with Gasteiger partial charge in [0.2, 0.25) is 0 Å². The predicted octanol–water partition coefficient (Wildman–Crippen LogP) is 5.04. The second-order valence-corrected chi connectivity index (χ2v) is 9.49. The maximum Gasteiger partial charge on any atom is 0.251 e. The molecule has 1 fully saturated rings. The van der Waals surface area contributed by atoms with Crippen LogP contribution in [0.2, 0.25) is 0 Å². The second kappa shape index (κ2) is 9.89. The Morgan fingerprint density at radius 2 is 1.75 bits per heavy atom. The van der Waals surface area contributed by atoms with Gasteiger partial charge in [0.05, 0.1) is 37.5 Å². The summed E-state index contributed by atoms with van der Waals surface area (Å²) >= 11 is 0. The van der Waals surface area contributed by atoms with E-state index in [9.17, 15) is 4.79 Å². The molecule has 2 heterocycles. The zero-order valence-corrected chi connectivity index (χ0v) is 21.0. The molecule has 8 nitrogen and oxygen atoms in total. The Morgan fingerprint density at radius 1 is 1.03 bits per heavy atom. The van der Waals surface area contributed by atoms with Crippen molar-refractivity contribution in [3.05, 3.63) is 60.3 Å². The fourth-order valence-electron chi connectivity index (χ4n) is 4.03. The summed E-state index contributed by atoms with van der Waals surface area (Å²) in [5, 5.41) is 11.5. The molecule has 0 bridgehead atoms. The van der Waals surface area contributed by atoms with Gasteiger partial charge in [-0.1, -0.05) is 26.0 Å². The molecular formula is C28H31N5O3. The maximum atomic E-state index is 12.4. The SMILES string of the molecule is COc1ccc(-c2cc(NCC(C)C)c3ncc(-c4ccc(C(=O)NC5CC5)cc4)n3n2)cc1OC. The van der Waals surface area contributed by atoms with Crippen LogP contribution in [0.25, 0.3) is 28.2 Å². The monoisotopic (exact) mass is 485 g/mol. The van der Waals surface area contributed by atoms with Crippen LogP contribution in [0.3, 0.4) is 0 Å². The van der Waals surface area contributed by atoms with Crippen molar-refractivity contribution in [2.45, 2.75) is 32.7 Å². The topological polar surface area (TPSA) is 89.8 Å². The summed E-state index contributed by atoms with van der Waals surface area (Å²) in [6, 6.07) is 15.7. The zero-order valence-electron chi connectivity index (χ0n) is 21.0. The average molecular weight is 486 g/mol. The lowest BCUT2D eigenvalue weighted by molar-refractivity contribution is 0.0951. The minimum Gasteiger partial charge on any atom is -0.493 e. The molecule has 2 N–H and O–H groups in total. The summed E-state index contributed by atoms with van der Waals surface area (Å²) in [4.78, 5) is 17.1. The smallest absolute Gasteiger partial charge is 0.251 e. The Hall–Kier alpha value is -4.07. The number of hydrogen-bond acceptors (Lipinski definition) is 6. The Kier molecular flexibility index (Phi) is 6.50. The molecule has 186 valence electrons. The molecule has 0 atom stereocenters. The van der Waals surface area contributed by atoms with Gasteiger partial charge < -0.3 is 20.1 Å². The van der Waals surface area contributed by atoms with Gasteiger partial charge in [-0.05, 0) is 55.2 Å². The number of fused-ring (bicyclic) bond motifs is 1. The fraction of sp³-hybridized carbons (Fsp3) is 0.321. The standard InChI is InChI=1S/C28H31N5O3/c1-17(2)15-29-23-14-22(20-9-12-25(35-3)26(13-20)36-4)32-33-24(16-30-27(23)33)18-5-7-19(8-6-18)28(34)31-21-10-11-21/h5-9,12-14,16-17,21,29H,10-11,15H2,1-4H3,(H,31,34). The van der Waals surface area contributed by atoms with E-state index < -0.39 is 0 Å². The molecule has 2 aromatic heterocycles. The minimum absolute atomic E-state index is 0.0313. The van der Waals surface area contributed by atoms with Crippen LogP contribution in [0.1, 0.15) is 37.0 Å². The minimum atomic E-state index is -0.0313. The lowest BCUT2D eigenvalue weighted by atomic mass is 10.1. The summed E-state index contributed by atoms with van der Waals surface area (Å²) < 4.78 is 12.8. The van der Waals surface area contributed by atoms with Crippen molar-refractivity contribution in [3.63, 3.8) is 0 Å². The third-order valence-electron chi connectivity index (χ3n) is 6.20. The molecular weight excluding hydrogens is 454 g/mol. The van der Waals surface area contributed by atoms with E-state index in [-0.39, 0.29) is 5.91 Å². The number of amides is 1. The van der Waals surface area contributed by atoms with Gasteiger partial charge >= 0.3 is 0 Å². The summed E-state index contributed by atoms with van der Waals surface area (Å²) in [6.07, 6.45) is 3.94. The highest BCUT2D eigenvalue weighted by Gasteiger charge is 2.24. The van der Waals surface area contributed by atoms with E-state index in [1.165, 1.54) is 0 Å². The lowest BCUT2D eigenvalue weighted by Crippen LogP contribution is -2.25. The zero-order chi connectivity index (χ0) is 25.2. The Labute approximate surface area is 210 Å². The van der Waals surface area contributed by atoms with Gasteiger partial charge in [0.15, 0.2) is 17.1 Å². The van der Waals surface area contributed by atoms with Crippen molar-refractivity contribution in [2.24, 2.45) is 5.92 Å². The second-order valence-electron chi connectivity index (χ2n) is 9.49. The van der Waals surface area contributed by atoms with Crippen LogP contribution < -0.4 is 20.1 Å². The first-order valence-corrected chi connectivity index (χ1v) is 12.2. The largest absolute Gasteiger partial charge is 0.493 e. The Bertz CT molecular complexity index is 1390. The molecule has 1 aliphatic carbocycles. The molecule has 4 aromatic rings. The molecule has 0 saturated heterocycles. The number of benzene rings is 2. The highest BCUT2D eigenvalue weighted by atomic mass is 16.5. The van der Waals surface area contributed by atoms with E-state index >= 15 is 0 Å². The molecule has 1 amide bonds. The number of hydrogen-bond donors (Lipinski definition) is 2. The lowest BCUT2D eigenvalue weighted by Gasteiger charge is -2.14. The van der Waals surface area contributed by atoms with Gasteiger partial charge in [-0.3, -0.25) is 4.79 Å². The van der Waals surface area contributed by atoms with Crippen LogP contribution in [-0.2, 0) is 0 Å². The Morgan fingerprint density at radius 3 is 2.42 bits per heavy atom. The van der Waals surface area contributed by atoms with Crippen LogP contribution in [0, 0.1) is 5.92 Å². The van der Waals surface area contributed by atoms with E-state index in [1.807, 2.05) is 59.2 Å². The van der Waals surface area contributed by atoms with Gasteiger partial charge in [-0.25, -0.2) is 9.50 Å². The predicted molar refractivity (Wildman–Crippen MR) is 141 cm³/mol. The third-order valence-corrected chi connectivity index (χ3v) is 6.20. The number of nitrogens with one attached hydrogen (secondary N) is 2. The highest BCUT2D eigenvalue weighted by molar-refractivity contribution is 5.95. The first-order chi connectivity index (χ1) is 17.5. The molecule has 1 saturated carbocycles. The number of anilines is 1. The molecule has 0 unspecified atom stereocenters. The normalized spacial score (nSPS) is 13.1. The van der Waals surface area contributed by atoms with Crippen molar-refractivity contribution in [2.75, 3.05) is 26.1 Å². The number of ether oxygens (including phenoxy) is 2. The Balaban J connectivity index is 1.56. The van der Waals surface area contributed by atoms with Crippen LogP contribution in [0.5, 0.6) is 11.5 Å². The van der Waals surface area contributed by atoms with Crippen molar-refractivity contribution < 1.29 is 14.3 Å². The van der Waals surface area contributed by atoms with Crippen LogP contribution >= 0.6 is 0 Å². The number of imidazole rings is 1. The molecule has 0 aliphatic heterocycles. The summed E-state index contributed by atoms with van der Waals surface area (Å²) in [7, 11) is 3.24. The van der Waals surface area contributed by atoms with Gasteiger partial charge in [0.1, 0.15) is 0 Å². The molecule has 5 rings (SSSR count). The molecule has 36 heavy (non-hydrogen) atoms. The number of methoxy groups -OCH3 is 2. The number of rotatable bonds is 9. The summed E-state index contributed by atoms with van der Waals surface area (Å²) in [5.41, 5.74) is 5.73. The van der Waals surface area contributed by atoms with E-state index in [2.05, 4.69) is 29.5 Å². The van der Waals surface area contributed by atoms with Crippen molar-refractivity contribution in [3.8, 4) is 34.0 Å². The van der Waals surface area contributed by atoms with E-state index in [1.54, 1.807) is 14.2 Å². The van der Waals surface area contributed by atoms with Gasteiger partial charge in [0.25, 0.3) is 5.91 Å². The number of nitrogens with zero attached hydrogens (tertiary/aromatic N) is 3. The quantitative estimate of drug-likeness (QED) is 0.345.